The minimum absolute atomic E-state index is 0. The van der Waals surface area contributed by atoms with Crippen molar-refractivity contribution in [2.24, 2.45) is 0 Å². The number of methoxy groups -OCH3 is 1. The standard InChI is InChI=1S/C7H6O2.C4H6O2.Mg.2H/c8-7(9)6-4-2-1-3-5-6;1-3-4(5)6-2;;;/h1-5H,(H,8,9);3H,1H2,2H3;;;. The van der Waals surface area contributed by atoms with Gasteiger partial charge in [0.25, 0.3) is 0 Å². The predicted molar refractivity (Wildman–Crippen MR) is 64.2 cm³/mol. The Morgan fingerprint density at radius 2 is 1.81 bits per heavy atom. The molecule has 1 aromatic rings. The number of carbonyl (C=O) groups excluding carboxylic acids is 1. The maximum atomic E-state index is 10.2. The van der Waals surface area contributed by atoms with Gasteiger partial charge in [-0.2, -0.15) is 0 Å². The number of hydrogen-bond donors (Lipinski definition) is 1. The minimum Gasteiger partial charge on any atom is -0.478 e. The van der Waals surface area contributed by atoms with Crippen LogP contribution < -0.4 is 0 Å². The highest BCUT2D eigenvalue weighted by molar-refractivity contribution is 5.87. The van der Waals surface area contributed by atoms with Crippen LogP contribution >= 0.6 is 0 Å². The number of ether oxygens (including phenoxy) is 1. The smallest absolute Gasteiger partial charge is 0.335 e. The van der Waals surface area contributed by atoms with E-state index in [1.54, 1.807) is 30.3 Å². The largest absolute Gasteiger partial charge is 0.478 e. The summed E-state index contributed by atoms with van der Waals surface area (Å²) in [6.07, 6.45) is 1.11. The molecule has 0 aliphatic carbocycles. The Morgan fingerprint density at radius 3 is 2.00 bits per heavy atom. The molecule has 5 heteroatoms. The molecule has 0 amide bonds. The lowest BCUT2D eigenvalue weighted by Gasteiger charge is -1.88. The van der Waals surface area contributed by atoms with Crippen LogP contribution in [0, 0.1) is 0 Å². The minimum atomic E-state index is -0.879. The van der Waals surface area contributed by atoms with E-state index in [1.807, 2.05) is 0 Å². The molecule has 0 aliphatic heterocycles. The first-order chi connectivity index (χ1) is 7.11. The van der Waals surface area contributed by atoms with Gasteiger partial charge in [-0.05, 0) is 12.1 Å². The Kier molecular flexibility index (Phi) is 10.9. The lowest BCUT2D eigenvalue weighted by molar-refractivity contribution is -0.134. The molecule has 1 rings (SSSR count). The summed E-state index contributed by atoms with van der Waals surface area (Å²) in [5, 5.41) is 8.38. The SMILES string of the molecule is C=CC(=O)OC.O=C(O)c1ccccc1.[MgH2]. The topological polar surface area (TPSA) is 63.6 Å². The fourth-order valence-electron chi connectivity index (χ4n) is 0.664. The number of hydrogen-bond acceptors (Lipinski definition) is 3. The van der Waals surface area contributed by atoms with Crippen LogP contribution in [0.3, 0.4) is 0 Å². The maximum absolute atomic E-state index is 10.2. The third kappa shape index (κ3) is 8.01. The van der Waals surface area contributed by atoms with Gasteiger partial charge in [-0.25, -0.2) is 9.59 Å². The lowest BCUT2D eigenvalue weighted by Crippen LogP contribution is -1.93. The second-order valence-electron chi connectivity index (χ2n) is 2.40. The van der Waals surface area contributed by atoms with Crippen molar-refractivity contribution in [1.82, 2.24) is 0 Å². The van der Waals surface area contributed by atoms with E-state index in [9.17, 15) is 9.59 Å². The van der Waals surface area contributed by atoms with Gasteiger partial charge in [0.15, 0.2) is 0 Å². The van der Waals surface area contributed by atoms with Gasteiger partial charge in [0.2, 0.25) is 0 Å². The highest BCUT2D eigenvalue weighted by Crippen LogP contribution is 1.96. The second-order valence-corrected chi connectivity index (χ2v) is 2.40. The van der Waals surface area contributed by atoms with Crippen LogP contribution in [-0.4, -0.2) is 47.2 Å². The van der Waals surface area contributed by atoms with E-state index in [2.05, 4.69) is 11.3 Å². The zero-order valence-electron chi connectivity index (χ0n) is 8.34. The average molecular weight is 235 g/mol. The number of carboxylic acids is 1. The van der Waals surface area contributed by atoms with Crippen molar-refractivity contribution < 1.29 is 19.4 Å². The Bertz CT molecular complexity index is 335. The molecule has 0 saturated carbocycles. The van der Waals surface area contributed by atoms with E-state index in [1.165, 1.54) is 7.11 Å². The van der Waals surface area contributed by atoms with Gasteiger partial charge in [-0.15, -0.1) is 0 Å². The quantitative estimate of drug-likeness (QED) is 0.467. The van der Waals surface area contributed by atoms with E-state index in [4.69, 9.17) is 5.11 Å². The number of carboxylic acid groups (broad SMARTS) is 1. The average Bonchev–Trinajstić information content (AvgIpc) is 2.30. The monoisotopic (exact) mass is 234 g/mol. The van der Waals surface area contributed by atoms with Crippen molar-refractivity contribution in [2.75, 3.05) is 7.11 Å². The summed E-state index contributed by atoms with van der Waals surface area (Å²) in [5.41, 5.74) is 0.331. The fraction of sp³-hybridized carbons (Fsp3) is 0.0909. The molecule has 0 heterocycles. The summed E-state index contributed by atoms with van der Waals surface area (Å²) in [4.78, 5) is 20.0. The summed E-state index contributed by atoms with van der Waals surface area (Å²) in [6.45, 7) is 3.16. The molecule has 0 aromatic heterocycles. The molecule has 0 unspecified atom stereocenters. The highest BCUT2D eigenvalue weighted by atomic mass is 24.3. The first kappa shape index (κ1) is 17.1. The summed E-state index contributed by atoms with van der Waals surface area (Å²) in [7, 11) is 1.31. The van der Waals surface area contributed by atoms with E-state index < -0.39 is 11.9 Å². The van der Waals surface area contributed by atoms with Crippen molar-refractivity contribution >= 4 is 35.0 Å². The van der Waals surface area contributed by atoms with Crippen molar-refractivity contribution in [1.29, 1.82) is 0 Å². The summed E-state index contributed by atoms with van der Waals surface area (Å²) < 4.78 is 4.14. The first-order valence-corrected chi connectivity index (χ1v) is 4.10. The van der Waals surface area contributed by atoms with Crippen LogP contribution in [0.2, 0.25) is 0 Å². The zero-order valence-corrected chi connectivity index (χ0v) is 8.34. The van der Waals surface area contributed by atoms with E-state index in [0.717, 1.165) is 6.08 Å². The van der Waals surface area contributed by atoms with Gasteiger partial charge in [0.1, 0.15) is 0 Å². The van der Waals surface area contributed by atoms with Gasteiger partial charge in [-0.3, -0.25) is 0 Å². The van der Waals surface area contributed by atoms with Crippen LogP contribution in [0.25, 0.3) is 0 Å². The molecule has 0 atom stereocenters. The molecule has 0 aliphatic rings. The molecule has 1 aromatic carbocycles. The molecular weight excluding hydrogens is 220 g/mol. The normalized spacial score (nSPS) is 7.56. The Balaban J connectivity index is 0. The number of carbonyl (C=O) groups is 2. The molecule has 0 bridgehead atoms. The van der Waals surface area contributed by atoms with Crippen molar-refractivity contribution in [3.63, 3.8) is 0 Å². The highest BCUT2D eigenvalue weighted by Gasteiger charge is 1.96. The third-order valence-electron chi connectivity index (χ3n) is 1.39. The van der Waals surface area contributed by atoms with E-state index in [-0.39, 0.29) is 23.1 Å². The summed E-state index contributed by atoms with van der Waals surface area (Å²) in [5.74, 6) is -1.27. The molecule has 0 fully saturated rings. The van der Waals surface area contributed by atoms with Crippen LogP contribution in [0.1, 0.15) is 10.4 Å². The van der Waals surface area contributed by atoms with Gasteiger partial charge < -0.3 is 9.84 Å². The molecule has 0 spiro atoms. The van der Waals surface area contributed by atoms with Crippen LogP contribution in [0.4, 0.5) is 0 Å². The van der Waals surface area contributed by atoms with Crippen LogP contribution in [-0.2, 0) is 9.53 Å². The Labute approximate surface area is 110 Å². The van der Waals surface area contributed by atoms with Crippen molar-refractivity contribution in [2.45, 2.75) is 0 Å². The molecular formula is C11H14MgO4. The molecule has 16 heavy (non-hydrogen) atoms. The van der Waals surface area contributed by atoms with Crippen molar-refractivity contribution in [3.8, 4) is 0 Å². The predicted octanol–water partition coefficient (Wildman–Crippen LogP) is 0.814. The number of benzene rings is 1. The summed E-state index contributed by atoms with van der Waals surface area (Å²) >= 11 is 0. The zero-order chi connectivity index (χ0) is 11.7. The maximum Gasteiger partial charge on any atom is 0.335 e. The lowest BCUT2D eigenvalue weighted by atomic mass is 10.2. The molecule has 4 nitrogen and oxygen atoms in total. The molecule has 0 saturated heterocycles. The fourth-order valence-corrected chi connectivity index (χ4v) is 0.664. The number of rotatable bonds is 2. The number of esters is 1. The molecule has 1 N–H and O–H groups in total. The number of aromatic carboxylic acids is 1. The van der Waals surface area contributed by atoms with Crippen LogP contribution in [0.15, 0.2) is 43.0 Å². The Hall–Kier alpha value is -1.33. The molecule has 84 valence electrons. The third-order valence-corrected chi connectivity index (χ3v) is 1.39. The summed E-state index contributed by atoms with van der Waals surface area (Å²) in [6, 6.07) is 8.30. The first-order valence-electron chi connectivity index (χ1n) is 4.10. The molecule has 0 radical (unpaired) electrons. The van der Waals surface area contributed by atoms with E-state index in [0.29, 0.717) is 5.56 Å². The van der Waals surface area contributed by atoms with Gasteiger partial charge in [0.05, 0.1) is 12.7 Å². The van der Waals surface area contributed by atoms with Crippen molar-refractivity contribution in [3.05, 3.63) is 48.6 Å². The van der Waals surface area contributed by atoms with Gasteiger partial charge in [-0.1, -0.05) is 24.8 Å². The van der Waals surface area contributed by atoms with E-state index >= 15 is 0 Å². The van der Waals surface area contributed by atoms with Gasteiger partial charge in [0, 0.05) is 6.08 Å². The Morgan fingerprint density at radius 1 is 1.31 bits per heavy atom. The van der Waals surface area contributed by atoms with Crippen LogP contribution in [0.5, 0.6) is 0 Å². The second kappa shape index (κ2) is 10.2. The van der Waals surface area contributed by atoms with Gasteiger partial charge >= 0.3 is 35.0 Å².